The number of rotatable bonds is 17. The van der Waals surface area contributed by atoms with Gasteiger partial charge in [-0.2, -0.15) is 0 Å². The number of nitrogens with zero attached hydrogens (tertiary/aromatic N) is 3. The summed E-state index contributed by atoms with van der Waals surface area (Å²) >= 11 is 0. The third-order valence-corrected chi connectivity index (χ3v) is 16.0. The lowest BCUT2D eigenvalue weighted by Crippen LogP contribution is -2.61. The molecule has 0 spiro atoms. The third-order valence-electron chi connectivity index (χ3n) is 16.0. The second-order valence-corrected chi connectivity index (χ2v) is 22.9. The van der Waals surface area contributed by atoms with Gasteiger partial charge in [0.05, 0.1) is 47.9 Å². The number of carbonyl (C=O) groups is 4. The van der Waals surface area contributed by atoms with E-state index in [1.165, 1.54) is 19.9 Å². The van der Waals surface area contributed by atoms with E-state index >= 15 is 4.39 Å². The molecular weight excluding hydrogens is 1030 g/mol. The smallest absolute Gasteiger partial charge is 0.477 e. The highest BCUT2D eigenvalue weighted by molar-refractivity contribution is 5.92. The molecule has 1 radical (unpaired) electrons. The van der Waals surface area contributed by atoms with Gasteiger partial charge >= 0.3 is 24.1 Å². The summed E-state index contributed by atoms with van der Waals surface area (Å²) in [4.78, 5) is 69.2. The monoisotopic (exact) mass is 1120 g/mol. The number of benzene rings is 1. The molecule has 1 aromatic heterocycles. The van der Waals surface area contributed by atoms with Gasteiger partial charge in [-0.15, -0.1) is 0 Å². The number of fused-ring (bicyclic) bond motifs is 1. The van der Waals surface area contributed by atoms with E-state index in [2.05, 4.69) is 5.32 Å². The van der Waals surface area contributed by atoms with E-state index in [4.69, 9.17) is 42.6 Å². The van der Waals surface area contributed by atoms with Crippen molar-refractivity contribution in [2.45, 2.75) is 212 Å². The normalized spacial score (nSPS) is 35.0. The standard InChI is InChI=1S/C57H90FN4O17/c1-16-44-36(8)75-55(69)72-30-32(4)61(14)28-31(3)26-56(10,70)50(79-54-48(65)43(60(12)13)23-33(5)73-54)34(6)49(35(7)53(68)76-44)78-46-27-57(11,71-15)51(37(9)74-46)77-45(63)20-22-59-21-18-19-38-24-42-39(25-41(38)58)47(64)40(52(66)67)29-62(42)17-2/h24-25,29-37,43-44,46,48-51,54,59,65,70H,16-23,26-28H2,1-15H3,(H,66,67)/t31-,32-,33+,34+,35+,36-,37-,43-,44-,46+,48-,49+,50-,51+,54-,56+,57-/m0/s1. The Balaban J connectivity index is 1.35. The number of methoxy groups -OCH3 is 1. The number of aliphatic hydroxyl groups excluding tert-OH is 1. The Morgan fingerprint density at radius 3 is 2.28 bits per heavy atom. The van der Waals surface area contributed by atoms with Crippen LogP contribution in [0.1, 0.15) is 131 Å². The SMILES string of the molecule is CC[C@@H]1OC(=O)[C@H](C)[C@H](O[C@@H]2C[C@](C)(OC)[C@H](OC(=O)CCNCCCc3cc4c(cc3F)c(=O)c(C(=O)O)cn4CC)[C@H](C)O2)[C@@H](C)[C@H](O[C@@H]2O[C@H](C)C[C@H](N(C)C)[C@@H]2O)[C@](C)(O)C[C@H](C)CN(C)[C@@H](C)[CH]OC(=O)O[C@H]1C. The summed E-state index contributed by atoms with van der Waals surface area (Å²) in [7, 11) is 7.09. The molecular formula is C57H90FN4O17. The first kappa shape index (κ1) is 65.5. The highest BCUT2D eigenvalue weighted by Crippen LogP contribution is 2.40. The van der Waals surface area contributed by atoms with Crippen LogP contribution in [0.4, 0.5) is 9.18 Å². The number of pyridine rings is 1. The zero-order valence-corrected chi connectivity index (χ0v) is 49.0. The number of nitrogens with one attached hydrogen (secondary N) is 1. The summed E-state index contributed by atoms with van der Waals surface area (Å²) in [5.74, 6) is -5.34. The summed E-state index contributed by atoms with van der Waals surface area (Å²) in [5, 5.41) is 37.3. The largest absolute Gasteiger partial charge is 0.509 e. The molecule has 0 aliphatic carbocycles. The number of carbonyl (C=O) groups excluding carboxylic acids is 3. The Labute approximate surface area is 464 Å². The molecule has 447 valence electrons. The molecule has 4 heterocycles. The van der Waals surface area contributed by atoms with E-state index < -0.39 is 119 Å². The summed E-state index contributed by atoms with van der Waals surface area (Å²) < 4.78 is 72.6. The van der Waals surface area contributed by atoms with Gasteiger partial charge in [-0.05, 0) is 139 Å². The maximum absolute atomic E-state index is 15.2. The van der Waals surface area contributed by atoms with Crippen molar-refractivity contribution in [3.63, 3.8) is 0 Å². The number of hydrogen-bond donors (Lipinski definition) is 4. The first-order valence-corrected chi connectivity index (χ1v) is 27.9. The second kappa shape index (κ2) is 28.6. The zero-order valence-electron chi connectivity index (χ0n) is 49.0. The maximum Gasteiger partial charge on any atom is 0.509 e. The molecule has 0 bridgehead atoms. The number of carboxylic acids is 1. The number of esters is 2. The van der Waals surface area contributed by atoms with E-state index in [1.54, 1.807) is 66.0 Å². The Morgan fingerprint density at radius 1 is 0.949 bits per heavy atom. The van der Waals surface area contributed by atoms with Gasteiger partial charge in [0.25, 0.3) is 0 Å². The summed E-state index contributed by atoms with van der Waals surface area (Å²) in [5.41, 5.74) is -3.19. The van der Waals surface area contributed by atoms with Crippen molar-refractivity contribution in [2.24, 2.45) is 17.8 Å². The van der Waals surface area contributed by atoms with Gasteiger partial charge in [-0.1, -0.05) is 20.8 Å². The molecule has 5 rings (SSSR count). The van der Waals surface area contributed by atoms with Crippen LogP contribution in [0.2, 0.25) is 0 Å². The molecule has 1 aromatic carbocycles. The Morgan fingerprint density at radius 2 is 1.65 bits per heavy atom. The molecule has 0 amide bonds. The lowest BCUT2D eigenvalue weighted by Gasteiger charge is -2.49. The maximum atomic E-state index is 15.2. The van der Waals surface area contributed by atoms with Gasteiger partial charge in [0, 0.05) is 62.7 Å². The molecule has 0 saturated carbocycles. The Kier molecular flexibility index (Phi) is 23.7. The third kappa shape index (κ3) is 16.7. The van der Waals surface area contributed by atoms with Crippen molar-refractivity contribution in [3.05, 3.63) is 52.1 Å². The van der Waals surface area contributed by atoms with Crippen LogP contribution in [-0.4, -0.2) is 186 Å². The quantitative estimate of drug-likeness (QED) is 0.0826. The predicted molar refractivity (Wildman–Crippen MR) is 289 cm³/mol. The number of likely N-dealkylation sites (N-methyl/N-ethyl adjacent to an activating group) is 2. The summed E-state index contributed by atoms with van der Waals surface area (Å²) in [6.07, 6.45) is -7.38. The van der Waals surface area contributed by atoms with Crippen molar-refractivity contribution in [1.29, 1.82) is 0 Å². The van der Waals surface area contributed by atoms with Gasteiger partial charge in [-0.25, -0.2) is 14.0 Å². The molecule has 3 saturated heterocycles. The average molecular weight is 1120 g/mol. The van der Waals surface area contributed by atoms with Crippen LogP contribution in [0.15, 0.2) is 23.1 Å². The number of aromatic nitrogens is 1. The molecule has 3 aliphatic heterocycles. The summed E-state index contributed by atoms with van der Waals surface area (Å²) in [6.45, 7) is 22.4. The highest BCUT2D eigenvalue weighted by atomic mass is 19.1. The number of hydrogen-bond acceptors (Lipinski definition) is 19. The number of cyclic esters (lactones) is 3. The van der Waals surface area contributed by atoms with Gasteiger partial charge in [0.15, 0.2) is 25.3 Å². The van der Waals surface area contributed by atoms with Crippen LogP contribution in [-0.2, 0) is 65.2 Å². The number of aromatic carboxylic acids is 1. The second-order valence-electron chi connectivity index (χ2n) is 22.9. The van der Waals surface area contributed by atoms with Gasteiger partial charge in [-0.3, -0.25) is 19.3 Å². The van der Waals surface area contributed by atoms with E-state index in [-0.39, 0.29) is 61.7 Å². The molecule has 21 nitrogen and oxygen atoms in total. The minimum absolute atomic E-state index is 0.00445. The zero-order chi connectivity index (χ0) is 58.8. The van der Waals surface area contributed by atoms with Crippen LogP contribution >= 0.6 is 0 Å². The minimum Gasteiger partial charge on any atom is -0.477 e. The molecule has 3 fully saturated rings. The minimum atomic E-state index is -1.65. The van der Waals surface area contributed by atoms with Crippen LogP contribution < -0.4 is 10.7 Å². The van der Waals surface area contributed by atoms with Crippen molar-refractivity contribution in [3.8, 4) is 0 Å². The topological polar surface area (TPSA) is 253 Å². The Hall–Kier alpha value is -4.36. The van der Waals surface area contributed by atoms with Gasteiger partial charge < -0.3 is 72.7 Å². The predicted octanol–water partition coefficient (Wildman–Crippen LogP) is 5.83. The first-order valence-electron chi connectivity index (χ1n) is 27.9. The first-order chi connectivity index (χ1) is 37.0. The fourth-order valence-corrected chi connectivity index (χ4v) is 11.4. The van der Waals surface area contributed by atoms with E-state index in [0.29, 0.717) is 50.0 Å². The lowest BCUT2D eigenvalue weighted by atomic mass is 9.77. The fraction of sp³-hybridized carbons (Fsp3) is 0.754. The number of halogens is 1. The molecule has 3 aliphatic rings. The summed E-state index contributed by atoms with van der Waals surface area (Å²) in [6, 6.07) is 1.98. The molecule has 2 aromatic rings. The van der Waals surface area contributed by atoms with Gasteiger partial charge in [0.2, 0.25) is 5.43 Å². The molecule has 4 N–H and O–H groups in total. The van der Waals surface area contributed by atoms with Crippen molar-refractivity contribution >= 4 is 35.0 Å². The number of ether oxygens (including phenoxy) is 9. The van der Waals surface area contributed by atoms with E-state index in [0.717, 1.165) is 6.07 Å². The number of aryl methyl sites for hydroxylation is 2. The van der Waals surface area contributed by atoms with Crippen LogP contribution in [0.3, 0.4) is 0 Å². The van der Waals surface area contributed by atoms with Crippen molar-refractivity contribution < 1.29 is 81.5 Å². The molecule has 79 heavy (non-hydrogen) atoms. The van der Waals surface area contributed by atoms with Gasteiger partial charge in [0.1, 0.15) is 35.3 Å². The Bertz CT molecular complexity index is 2430. The average Bonchev–Trinajstić information content (AvgIpc) is 3.43. The van der Waals surface area contributed by atoms with Crippen molar-refractivity contribution in [2.75, 3.05) is 47.9 Å². The van der Waals surface area contributed by atoms with E-state index in [9.17, 15) is 39.3 Å². The van der Waals surface area contributed by atoms with Crippen LogP contribution in [0, 0.1) is 30.2 Å². The van der Waals surface area contributed by atoms with Crippen LogP contribution in [0.25, 0.3) is 10.9 Å². The number of carboxylic acid groups (broad SMARTS) is 1. The van der Waals surface area contributed by atoms with Crippen molar-refractivity contribution in [1.82, 2.24) is 19.7 Å². The molecule has 17 atom stereocenters. The van der Waals surface area contributed by atoms with Crippen LogP contribution in [0.5, 0.6) is 0 Å². The molecule has 22 heteroatoms. The highest BCUT2D eigenvalue weighted by Gasteiger charge is 2.53. The molecule has 0 unspecified atom stereocenters. The fourth-order valence-electron chi connectivity index (χ4n) is 11.4. The number of aliphatic hydroxyl groups is 2. The lowest BCUT2D eigenvalue weighted by molar-refractivity contribution is -0.318. The van der Waals surface area contributed by atoms with E-state index in [1.807, 2.05) is 51.7 Å².